The topological polar surface area (TPSA) is 77.7 Å². The molecule has 30 heavy (non-hydrogen) atoms. The van der Waals surface area contributed by atoms with Gasteiger partial charge in [0.2, 0.25) is 0 Å². The number of hydrogen-bond donors (Lipinski definition) is 0. The van der Waals surface area contributed by atoms with Gasteiger partial charge in [-0.05, 0) is 31.6 Å². The number of aryl methyl sites for hydroxylation is 1. The fourth-order valence-electron chi connectivity index (χ4n) is 7.48. The average Bonchev–Trinajstić information content (AvgIpc) is 3.43. The zero-order valence-electron chi connectivity index (χ0n) is 16.5. The van der Waals surface area contributed by atoms with Gasteiger partial charge < -0.3 is 17.3 Å². The summed E-state index contributed by atoms with van der Waals surface area (Å²) in [7, 11) is -6.00. The molecule has 4 aliphatic carbocycles. The van der Waals surface area contributed by atoms with Crippen molar-refractivity contribution < 1.29 is 26.9 Å². The van der Waals surface area contributed by atoms with Gasteiger partial charge in [0.1, 0.15) is 11.3 Å². The SMILES string of the molecule is CC[n+]1nnn2c1[C@@]1([N+](=O)[O-])[C@H]([C@@H]3C=C[C@H]1C3)[C@@]1(C)[C@@H]3C=C[C@@H](C3)[C@@H]21.F[B-](F)(F)F. The quantitative estimate of drug-likeness (QED) is 0.182. The molecule has 0 unspecified atom stereocenters. The molecular formula is C18H22BF4N5O2. The van der Waals surface area contributed by atoms with Crippen molar-refractivity contribution in [2.45, 2.75) is 44.8 Å². The molecule has 0 amide bonds. The van der Waals surface area contributed by atoms with Gasteiger partial charge in [0.15, 0.2) is 5.21 Å². The van der Waals surface area contributed by atoms with Crippen LogP contribution in [0.2, 0.25) is 0 Å². The van der Waals surface area contributed by atoms with E-state index >= 15 is 0 Å². The normalized spacial score (nSPS) is 43.8. The lowest BCUT2D eigenvalue weighted by Gasteiger charge is -2.50. The zero-order chi connectivity index (χ0) is 21.6. The maximum atomic E-state index is 12.7. The smallest absolute Gasteiger partial charge is 0.418 e. The van der Waals surface area contributed by atoms with E-state index in [0.29, 0.717) is 24.3 Å². The molecule has 0 radical (unpaired) electrons. The summed E-state index contributed by atoms with van der Waals surface area (Å²) in [6.45, 7) is 4.91. The van der Waals surface area contributed by atoms with Crippen LogP contribution in [0.1, 0.15) is 38.6 Å². The van der Waals surface area contributed by atoms with Crippen LogP contribution in [0.25, 0.3) is 0 Å². The third kappa shape index (κ3) is 2.19. The molecule has 2 saturated carbocycles. The Hall–Kier alpha value is -2.27. The number of nitro groups is 1. The summed E-state index contributed by atoms with van der Waals surface area (Å²) in [6, 6.07) is 0.198. The van der Waals surface area contributed by atoms with Crippen molar-refractivity contribution >= 4 is 7.25 Å². The zero-order valence-corrected chi connectivity index (χ0v) is 16.5. The van der Waals surface area contributed by atoms with E-state index in [1.807, 2.05) is 11.6 Å². The number of hydrogen-bond acceptors (Lipinski definition) is 4. The molecule has 0 saturated heterocycles. The molecule has 0 spiro atoms. The molecule has 0 N–H and O–H groups in total. The number of aromatic nitrogens is 4. The largest absolute Gasteiger partial charge is 0.673 e. The third-order valence-corrected chi connectivity index (χ3v) is 8.14. The van der Waals surface area contributed by atoms with Crippen molar-refractivity contribution in [2.24, 2.45) is 35.0 Å². The number of tetrazole rings is 1. The lowest BCUT2D eigenvalue weighted by atomic mass is 9.54. The molecule has 0 aromatic carbocycles. The molecule has 162 valence electrons. The lowest BCUT2D eigenvalue weighted by Crippen LogP contribution is -2.65. The number of rotatable bonds is 2. The van der Waals surface area contributed by atoms with Crippen LogP contribution < -0.4 is 4.68 Å². The first-order chi connectivity index (χ1) is 14.0. The number of halogens is 4. The van der Waals surface area contributed by atoms with Crippen LogP contribution in [0.4, 0.5) is 17.3 Å². The van der Waals surface area contributed by atoms with Crippen molar-refractivity contribution in [1.29, 1.82) is 0 Å². The number of nitrogens with zero attached hydrogens (tertiary/aromatic N) is 5. The molecule has 1 aromatic heterocycles. The fourth-order valence-corrected chi connectivity index (χ4v) is 7.48. The van der Waals surface area contributed by atoms with E-state index in [2.05, 4.69) is 41.7 Å². The van der Waals surface area contributed by atoms with E-state index in [1.54, 1.807) is 4.68 Å². The molecule has 12 heteroatoms. The van der Waals surface area contributed by atoms with Crippen LogP contribution >= 0.6 is 0 Å². The van der Waals surface area contributed by atoms with Gasteiger partial charge in [0.25, 0.3) is 0 Å². The predicted octanol–water partition coefficient (Wildman–Crippen LogP) is 2.95. The van der Waals surface area contributed by atoms with E-state index in [9.17, 15) is 27.4 Å². The molecule has 5 aliphatic rings. The van der Waals surface area contributed by atoms with Crippen LogP contribution in [0.3, 0.4) is 0 Å². The number of fused-ring (bicyclic) bond motifs is 14. The van der Waals surface area contributed by atoms with Crippen molar-refractivity contribution in [3.8, 4) is 0 Å². The second-order valence-corrected chi connectivity index (χ2v) is 9.21. The van der Waals surface area contributed by atoms with Gasteiger partial charge >= 0.3 is 18.6 Å². The standard InChI is InChI=1S/C18H22N5O2.BF4/c1-3-21-16-18(23(24)25)13-7-4-10(8-13)14(18)17(2)12-6-5-11(9-12)15(17)22(16)20-19-21;2-1(3,4)5/h4-7,10-15H,3,8-9H2,1-2H3;/q+1;-1/t10-,11+,12-,13+,14-,15-,17-,18+;/m1./s1. The van der Waals surface area contributed by atoms with Crippen LogP contribution in [-0.4, -0.2) is 27.3 Å². The highest BCUT2D eigenvalue weighted by atomic mass is 19.5. The summed E-state index contributed by atoms with van der Waals surface area (Å²) in [6.07, 6.45) is 11.0. The minimum Gasteiger partial charge on any atom is -0.418 e. The predicted molar refractivity (Wildman–Crippen MR) is 96.9 cm³/mol. The van der Waals surface area contributed by atoms with E-state index in [1.165, 1.54) is 0 Å². The Bertz CT molecular complexity index is 974. The Labute approximate surface area is 170 Å². The molecule has 1 aromatic rings. The molecule has 4 bridgehead atoms. The van der Waals surface area contributed by atoms with Crippen LogP contribution in [0, 0.1) is 45.1 Å². The Morgan fingerprint density at radius 1 is 1.20 bits per heavy atom. The molecule has 2 heterocycles. The monoisotopic (exact) mass is 427 g/mol. The third-order valence-electron chi connectivity index (χ3n) is 8.14. The minimum atomic E-state index is -6.00. The second kappa shape index (κ2) is 5.91. The van der Waals surface area contributed by atoms with Crippen molar-refractivity contribution in [3.05, 3.63) is 40.2 Å². The Balaban J connectivity index is 0.000000349. The van der Waals surface area contributed by atoms with Gasteiger partial charge in [0.05, 0.1) is 18.4 Å². The van der Waals surface area contributed by atoms with Crippen molar-refractivity contribution in [1.82, 2.24) is 15.1 Å². The summed E-state index contributed by atoms with van der Waals surface area (Å²) in [5, 5.41) is 21.5. The van der Waals surface area contributed by atoms with Crippen LogP contribution in [0.5, 0.6) is 0 Å². The van der Waals surface area contributed by atoms with Crippen LogP contribution in [0.15, 0.2) is 24.3 Å². The summed E-state index contributed by atoms with van der Waals surface area (Å²) in [4.78, 5) is 12.7. The van der Waals surface area contributed by atoms with E-state index in [0.717, 1.165) is 18.7 Å². The van der Waals surface area contributed by atoms with Gasteiger partial charge in [-0.2, -0.15) is 0 Å². The Kier molecular flexibility index (Phi) is 3.88. The number of allylic oxidation sites excluding steroid dienone is 3. The highest BCUT2D eigenvalue weighted by Crippen LogP contribution is 2.74. The van der Waals surface area contributed by atoms with Gasteiger partial charge in [-0.15, -0.1) is 4.68 Å². The van der Waals surface area contributed by atoms with Gasteiger partial charge in [0, 0.05) is 16.3 Å². The first-order valence-electron chi connectivity index (χ1n) is 10.3. The highest BCUT2D eigenvalue weighted by molar-refractivity contribution is 6.50. The molecule has 1 aliphatic heterocycles. The van der Waals surface area contributed by atoms with E-state index < -0.39 is 12.8 Å². The van der Waals surface area contributed by atoms with E-state index in [-0.39, 0.29) is 28.2 Å². The maximum absolute atomic E-state index is 12.7. The minimum absolute atomic E-state index is 0.0182. The molecular weight excluding hydrogens is 405 g/mol. The summed E-state index contributed by atoms with van der Waals surface area (Å²) < 4.78 is 42.8. The van der Waals surface area contributed by atoms with Crippen LogP contribution in [-0.2, 0) is 12.1 Å². The van der Waals surface area contributed by atoms with E-state index in [4.69, 9.17) is 0 Å². The first kappa shape index (κ1) is 19.7. The lowest BCUT2D eigenvalue weighted by molar-refractivity contribution is -0.783. The van der Waals surface area contributed by atoms with Gasteiger partial charge in [-0.3, -0.25) is 10.1 Å². The first-order valence-corrected chi connectivity index (χ1v) is 10.3. The average molecular weight is 427 g/mol. The second-order valence-electron chi connectivity index (χ2n) is 9.21. The maximum Gasteiger partial charge on any atom is 0.673 e. The summed E-state index contributed by atoms with van der Waals surface area (Å²) in [5.41, 5.74) is -1.20. The molecule has 2 fully saturated rings. The Morgan fingerprint density at radius 3 is 2.43 bits per heavy atom. The fraction of sp³-hybridized carbons (Fsp3) is 0.722. The molecule has 6 rings (SSSR count). The van der Waals surface area contributed by atoms with Gasteiger partial charge in [-0.25, -0.2) is 0 Å². The summed E-state index contributed by atoms with van der Waals surface area (Å²) >= 11 is 0. The Morgan fingerprint density at radius 2 is 1.80 bits per heavy atom. The molecule has 8 atom stereocenters. The molecule has 7 nitrogen and oxygen atoms in total. The van der Waals surface area contributed by atoms with Crippen molar-refractivity contribution in [3.63, 3.8) is 0 Å². The highest BCUT2D eigenvalue weighted by Gasteiger charge is 2.83. The summed E-state index contributed by atoms with van der Waals surface area (Å²) in [5.74, 6) is 1.85. The van der Waals surface area contributed by atoms with Crippen molar-refractivity contribution in [2.75, 3.05) is 0 Å². The van der Waals surface area contributed by atoms with Gasteiger partial charge in [-0.1, -0.05) is 35.9 Å².